The molecule has 0 heterocycles. The van der Waals surface area contributed by atoms with E-state index in [9.17, 15) is 0 Å². The Bertz CT molecular complexity index is 539. The van der Waals surface area contributed by atoms with Crippen LogP contribution in [-0.4, -0.2) is 28.3 Å². The molecule has 0 aromatic heterocycles. The van der Waals surface area contributed by atoms with Gasteiger partial charge in [0.05, 0.1) is 11.1 Å². The molecule has 0 bridgehead atoms. The second-order valence-corrected chi connectivity index (χ2v) is 7.09. The number of allylic oxidation sites excluding steroid dienone is 4. The molecule has 0 fully saturated rings. The summed E-state index contributed by atoms with van der Waals surface area (Å²) in [5.41, 5.74) is 14.0. The maximum atomic E-state index is 6.24. The molecular weight excluding hydrogens is 292 g/mol. The average Bonchev–Trinajstić information content (AvgIpc) is 2.40. The minimum absolute atomic E-state index is 0.136. The van der Waals surface area contributed by atoms with Crippen molar-refractivity contribution in [1.29, 1.82) is 0 Å². The van der Waals surface area contributed by atoms with E-state index in [-0.39, 0.29) is 12.1 Å². The monoisotopic (exact) mass is 318 g/mol. The molecule has 4 nitrogen and oxygen atoms in total. The Labute approximate surface area is 138 Å². The van der Waals surface area contributed by atoms with Gasteiger partial charge >= 0.3 is 0 Å². The minimum Gasteiger partial charge on any atom is -0.352 e. The third-order valence-electron chi connectivity index (χ3n) is 4.42. The molecule has 0 saturated heterocycles. The topological polar surface area (TPSA) is 76.1 Å². The van der Waals surface area contributed by atoms with Crippen molar-refractivity contribution < 1.29 is 0 Å². The first-order valence-corrected chi connectivity index (χ1v) is 7.92. The third-order valence-corrected chi connectivity index (χ3v) is 4.62. The molecule has 2 aliphatic carbocycles. The van der Waals surface area contributed by atoms with Crippen LogP contribution >= 0.6 is 12.2 Å². The van der Waals surface area contributed by atoms with E-state index in [4.69, 9.17) is 23.7 Å². The second-order valence-electron chi connectivity index (χ2n) is 6.68. The Hall–Kier alpha value is -1.43. The molecule has 6 N–H and O–H groups in total. The van der Waals surface area contributed by atoms with Gasteiger partial charge in [-0.05, 0) is 39.9 Å². The molecule has 5 heteroatoms. The molecule has 0 aromatic carbocycles. The number of hydrogen-bond acceptors (Lipinski definition) is 3. The number of hydrogen-bond donors (Lipinski definition) is 4. The fraction of sp³-hybridized carbons (Fsp3) is 0.471. The maximum absolute atomic E-state index is 6.24. The summed E-state index contributed by atoms with van der Waals surface area (Å²) in [7, 11) is 0. The van der Waals surface area contributed by atoms with E-state index in [0.717, 1.165) is 11.1 Å². The molecule has 120 valence electrons. The van der Waals surface area contributed by atoms with Crippen molar-refractivity contribution in [2.24, 2.45) is 11.5 Å². The number of nitrogens with two attached hydrogens (primary N) is 2. The van der Waals surface area contributed by atoms with Gasteiger partial charge in [-0.2, -0.15) is 0 Å². The van der Waals surface area contributed by atoms with Crippen molar-refractivity contribution in [3.63, 3.8) is 0 Å². The molecule has 2 rings (SSSR count). The van der Waals surface area contributed by atoms with Crippen LogP contribution in [0.4, 0.5) is 0 Å². The lowest BCUT2D eigenvalue weighted by molar-refractivity contribution is 0.424. The highest BCUT2D eigenvalue weighted by molar-refractivity contribution is 7.80. The average molecular weight is 318 g/mol. The van der Waals surface area contributed by atoms with E-state index in [1.165, 1.54) is 0 Å². The first-order chi connectivity index (χ1) is 10.1. The SMILES string of the molecule is CC1=CC(N)C(C)(NC(=S)NC2(C)C=CC(C)=CC2N)C=C1. The summed E-state index contributed by atoms with van der Waals surface area (Å²) in [4.78, 5) is 0. The molecule has 22 heavy (non-hydrogen) atoms. The van der Waals surface area contributed by atoms with Crippen molar-refractivity contribution in [3.05, 3.63) is 47.6 Å². The lowest BCUT2D eigenvalue weighted by Gasteiger charge is -2.40. The van der Waals surface area contributed by atoms with Crippen molar-refractivity contribution in [2.75, 3.05) is 0 Å². The van der Waals surface area contributed by atoms with Crippen LogP contribution in [0.1, 0.15) is 27.7 Å². The molecule has 0 aliphatic heterocycles. The Kier molecular flexibility index (Phi) is 4.61. The van der Waals surface area contributed by atoms with Crippen LogP contribution in [0.5, 0.6) is 0 Å². The standard InChI is InChI=1S/C17H26N4S/c1-11-5-7-16(3,13(18)9-11)20-15(22)21-17(4)8-6-12(2)10-14(17)19/h5-10,13-14H,18-19H2,1-4H3,(H2,20,21,22). The van der Waals surface area contributed by atoms with E-state index in [1.54, 1.807) is 0 Å². The van der Waals surface area contributed by atoms with Crippen LogP contribution in [0.2, 0.25) is 0 Å². The van der Waals surface area contributed by atoms with Crippen LogP contribution in [0.3, 0.4) is 0 Å². The first-order valence-electron chi connectivity index (χ1n) is 7.51. The first kappa shape index (κ1) is 16.9. The molecule has 4 atom stereocenters. The van der Waals surface area contributed by atoms with Gasteiger partial charge in [-0.15, -0.1) is 0 Å². The zero-order chi connectivity index (χ0) is 16.5. The fourth-order valence-electron chi connectivity index (χ4n) is 2.63. The Morgan fingerprint density at radius 2 is 1.32 bits per heavy atom. The van der Waals surface area contributed by atoms with Gasteiger partial charge in [-0.25, -0.2) is 0 Å². The highest BCUT2D eigenvalue weighted by atomic mass is 32.1. The summed E-state index contributed by atoms with van der Waals surface area (Å²) < 4.78 is 0. The molecule has 4 unspecified atom stereocenters. The van der Waals surface area contributed by atoms with Gasteiger partial charge in [-0.1, -0.05) is 47.6 Å². The van der Waals surface area contributed by atoms with E-state index < -0.39 is 11.1 Å². The fourth-order valence-corrected chi connectivity index (χ4v) is 3.07. The predicted molar refractivity (Wildman–Crippen MR) is 97.4 cm³/mol. The number of thiocarbonyl (C=S) groups is 1. The molecule has 2 aliphatic rings. The van der Waals surface area contributed by atoms with Crippen molar-refractivity contribution in [2.45, 2.75) is 50.9 Å². The summed E-state index contributed by atoms with van der Waals surface area (Å²) in [6, 6.07) is -0.273. The highest BCUT2D eigenvalue weighted by Gasteiger charge is 2.34. The summed E-state index contributed by atoms with van der Waals surface area (Å²) >= 11 is 5.48. The summed E-state index contributed by atoms with van der Waals surface area (Å²) in [6.07, 6.45) is 12.3. The van der Waals surface area contributed by atoms with Crippen molar-refractivity contribution in [1.82, 2.24) is 10.6 Å². The van der Waals surface area contributed by atoms with Crippen LogP contribution in [0, 0.1) is 0 Å². The Morgan fingerprint density at radius 3 is 1.64 bits per heavy atom. The molecule has 0 spiro atoms. The molecule has 0 amide bonds. The van der Waals surface area contributed by atoms with Gasteiger partial charge in [0, 0.05) is 12.1 Å². The largest absolute Gasteiger partial charge is 0.352 e. The predicted octanol–water partition coefficient (Wildman–Crippen LogP) is 1.65. The van der Waals surface area contributed by atoms with Crippen molar-refractivity contribution in [3.8, 4) is 0 Å². The highest BCUT2D eigenvalue weighted by Crippen LogP contribution is 2.22. The molecule has 0 saturated carbocycles. The summed E-state index contributed by atoms with van der Waals surface area (Å²) in [6.45, 7) is 8.14. The zero-order valence-electron chi connectivity index (χ0n) is 13.7. The number of rotatable bonds is 2. The van der Waals surface area contributed by atoms with Gasteiger partial charge < -0.3 is 22.1 Å². The van der Waals surface area contributed by atoms with Gasteiger partial charge in [0.15, 0.2) is 5.11 Å². The van der Waals surface area contributed by atoms with Crippen LogP contribution in [0.25, 0.3) is 0 Å². The van der Waals surface area contributed by atoms with E-state index in [0.29, 0.717) is 5.11 Å². The van der Waals surface area contributed by atoms with Crippen LogP contribution in [0.15, 0.2) is 47.6 Å². The summed E-state index contributed by atoms with van der Waals surface area (Å²) in [5, 5.41) is 7.19. The summed E-state index contributed by atoms with van der Waals surface area (Å²) in [5.74, 6) is 0. The quantitative estimate of drug-likeness (QED) is 0.583. The Balaban J connectivity index is 2.05. The lowest BCUT2D eigenvalue weighted by atomic mass is 9.85. The maximum Gasteiger partial charge on any atom is 0.167 e. The third kappa shape index (κ3) is 3.48. The van der Waals surface area contributed by atoms with E-state index in [2.05, 4.69) is 34.9 Å². The molecular formula is C17H26N4S. The molecule has 0 radical (unpaired) electrons. The zero-order valence-corrected chi connectivity index (χ0v) is 14.5. The molecule has 0 aromatic rings. The second kappa shape index (κ2) is 5.99. The van der Waals surface area contributed by atoms with E-state index >= 15 is 0 Å². The minimum atomic E-state index is -0.409. The van der Waals surface area contributed by atoms with Crippen molar-refractivity contribution >= 4 is 17.3 Å². The lowest BCUT2D eigenvalue weighted by Crippen LogP contribution is -2.64. The van der Waals surface area contributed by atoms with E-state index in [1.807, 2.05) is 39.8 Å². The Morgan fingerprint density at radius 1 is 0.955 bits per heavy atom. The van der Waals surface area contributed by atoms with Gasteiger partial charge in [-0.3, -0.25) is 0 Å². The normalized spacial score (nSPS) is 37.4. The smallest absolute Gasteiger partial charge is 0.167 e. The van der Waals surface area contributed by atoms with Gasteiger partial charge in [0.1, 0.15) is 0 Å². The van der Waals surface area contributed by atoms with Crippen LogP contribution < -0.4 is 22.1 Å². The van der Waals surface area contributed by atoms with Gasteiger partial charge in [0.25, 0.3) is 0 Å². The van der Waals surface area contributed by atoms with Crippen LogP contribution in [-0.2, 0) is 0 Å². The number of nitrogens with one attached hydrogen (secondary N) is 2. The van der Waals surface area contributed by atoms with Gasteiger partial charge in [0.2, 0.25) is 0 Å².